The zero-order valence-electron chi connectivity index (χ0n) is 16.1. The zero-order chi connectivity index (χ0) is 20.6. The van der Waals surface area contributed by atoms with E-state index in [0.717, 1.165) is 6.07 Å². The number of likely N-dealkylation sites (tertiary alicyclic amines) is 1. The average molecular weight is 407 g/mol. The summed E-state index contributed by atoms with van der Waals surface area (Å²) in [7, 11) is 0. The molecule has 2 amide bonds. The molecule has 4 rings (SSSR count). The van der Waals surface area contributed by atoms with E-state index in [4.69, 9.17) is 0 Å². The number of nitrogens with zero attached hydrogens (tertiary/aromatic N) is 3. The van der Waals surface area contributed by atoms with Crippen molar-refractivity contribution in [2.75, 3.05) is 32.8 Å². The van der Waals surface area contributed by atoms with Gasteiger partial charge in [0.05, 0.1) is 24.1 Å². The number of imide groups is 1. The van der Waals surface area contributed by atoms with Crippen molar-refractivity contribution in [2.24, 2.45) is 11.8 Å². The first-order valence-electron chi connectivity index (χ1n) is 9.94. The van der Waals surface area contributed by atoms with E-state index in [1.165, 1.54) is 17.0 Å². The molecule has 1 aromatic carbocycles. The van der Waals surface area contributed by atoms with Gasteiger partial charge in [-0.3, -0.25) is 24.3 Å². The molecule has 1 aliphatic carbocycles. The van der Waals surface area contributed by atoms with E-state index < -0.39 is 11.7 Å². The number of fused-ring (bicyclic) bond motifs is 1. The SMILES string of the molecule is O=C1[C@@H]2CC=CC[C@H]2C(=O)N1CN1CCN(Cc2cccc(C(F)(F)F)c2)CC1. The predicted molar refractivity (Wildman–Crippen MR) is 100 cm³/mol. The summed E-state index contributed by atoms with van der Waals surface area (Å²) < 4.78 is 38.6. The van der Waals surface area contributed by atoms with E-state index >= 15 is 0 Å². The normalized spacial score (nSPS) is 26.2. The molecule has 2 aliphatic heterocycles. The van der Waals surface area contributed by atoms with Crippen LogP contribution in [-0.2, 0) is 22.3 Å². The van der Waals surface area contributed by atoms with Gasteiger partial charge in [0.25, 0.3) is 0 Å². The minimum absolute atomic E-state index is 0.0734. The van der Waals surface area contributed by atoms with Gasteiger partial charge in [0, 0.05) is 32.7 Å². The highest BCUT2D eigenvalue weighted by Gasteiger charge is 2.47. The number of carbonyl (C=O) groups excluding carboxylic acids is 2. The lowest BCUT2D eigenvalue weighted by atomic mass is 9.85. The number of rotatable bonds is 4. The third kappa shape index (κ3) is 4.23. The minimum Gasteiger partial charge on any atom is -0.297 e. The van der Waals surface area contributed by atoms with Crippen LogP contribution < -0.4 is 0 Å². The molecule has 2 atom stereocenters. The van der Waals surface area contributed by atoms with Crippen molar-refractivity contribution in [1.82, 2.24) is 14.7 Å². The second-order valence-electron chi connectivity index (χ2n) is 7.99. The highest BCUT2D eigenvalue weighted by atomic mass is 19.4. The Balaban J connectivity index is 1.30. The average Bonchev–Trinajstić information content (AvgIpc) is 2.94. The Morgan fingerprint density at radius 3 is 2.07 bits per heavy atom. The number of hydrogen-bond acceptors (Lipinski definition) is 4. The number of hydrogen-bond donors (Lipinski definition) is 0. The Labute approximate surface area is 167 Å². The van der Waals surface area contributed by atoms with Crippen LogP contribution in [0.5, 0.6) is 0 Å². The molecule has 5 nitrogen and oxygen atoms in total. The maximum atomic E-state index is 12.9. The smallest absolute Gasteiger partial charge is 0.297 e. The van der Waals surface area contributed by atoms with Crippen molar-refractivity contribution in [2.45, 2.75) is 25.6 Å². The number of piperazine rings is 1. The number of halogens is 3. The summed E-state index contributed by atoms with van der Waals surface area (Å²) in [5.41, 5.74) is 0.00500. The van der Waals surface area contributed by atoms with Gasteiger partial charge in [-0.25, -0.2) is 0 Å². The zero-order valence-corrected chi connectivity index (χ0v) is 16.1. The van der Waals surface area contributed by atoms with Gasteiger partial charge >= 0.3 is 6.18 Å². The van der Waals surface area contributed by atoms with Crippen LogP contribution in [-0.4, -0.2) is 59.4 Å². The summed E-state index contributed by atoms with van der Waals surface area (Å²) in [6.45, 7) is 3.46. The molecule has 156 valence electrons. The Hall–Kier alpha value is -2.19. The fraction of sp³-hybridized carbons (Fsp3) is 0.524. The predicted octanol–water partition coefficient (Wildman–Crippen LogP) is 2.73. The van der Waals surface area contributed by atoms with Gasteiger partial charge in [-0.05, 0) is 24.5 Å². The Kier molecular flexibility index (Phi) is 5.48. The van der Waals surface area contributed by atoms with Crippen molar-refractivity contribution in [3.63, 3.8) is 0 Å². The molecule has 3 aliphatic rings. The van der Waals surface area contributed by atoms with Gasteiger partial charge in [0.2, 0.25) is 11.8 Å². The molecule has 8 heteroatoms. The lowest BCUT2D eigenvalue weighted by Crippen LogP contribution is -2.51. The lowest BCUT2D eigenvalue weighted by Gasteiger charge is -2.36. The van der Waals surface area contributed by atoms with Crippen LogP contribution in [0, 0.1) is 11.8 Å². The molecule has 2 heterocycles. The number of amides is 2. The number of allylic oxidation sites excluding steroid dienone is 2. The number of alkyl halides is 3. The quantitative estimate of drug-likeness (QED) is 0.569. The second kappa shape index (κ2) is 7.91. The van der Waals surface area contributed by atoms with Crippen LogP contribution in [0.4, 0.5) is 13.2 Å². The first kappa shape index (κ1) is 20.1. The summed E-state index contributed by atoms with van der Waals surface area (Å²) in [4.78, 5) is 30.7. The molecule has 0 bridgehead atoms. The van der Waals surface area contributed by atoms with Gasteiger partial charge in [0.1, 0.15) is 0 Å². The van der Waals surface area contributed by atoms with Gasteiger partial charge in [-0.15, -0.1) is 0 Å². The van der Waals surface area contributed by atoms with E-state index in [-0.39, 0.29) is 23.7 Å². The van der Waals surface area contributed by atoms with Crippen molar-refractivity contribution in [3.8, 4) is 0 Å². The van der Waals surface area contributed by atoms with E-state index in [1.807, 2.05) is 12.2 Å². The van der Waals surface area contributed by atoms with Crippen molar-refractivity contribution >= 4 is 11.8 Å². The molecular formula is C21H24F3N3O2. The van der Waals surface area contributed by atoms with Crippen molar-refractivity contribution < 1.29 is 22.8 Å². The van der Waals surface area contributed by atoms with E-state index in [1.54, 1.807) is 6.07 Å². The van der Waals surface area contributed by atoms with Crippen molar-refractivity contribution in [1.29, 1.82) is 0 Å². The molecule has 0 N–H and O–H groups in total. The highest BCUT2D eigenvalue weighted by molar-refractivity contribution is 6.05. The summed E-state index contributed by atoms with van der Waals surface area (Å²) in [6, 6.07) is 5.43. The molecule has 1 aromatic rings. The Morgan fingerprint density at radius 2 is 1.48 bits per heavy atom. The van der Waals surface area contributed by atoms with Crippen LogP contribution in [0.15, 0.2) is 36.4 Å². The molecule has 2 saturated heterocycles. The third-order valence-corrected chi connectivity index (χ3v) is 6.07. The second-order valence-corrected chi connectivity index (χ2v) is 7.99. The molecule has 0 radical (unpaired) electrons. The summed E-state index contributed by atoms with van der Waals surface area (Å²) in [6.07, 6.45) is 0.883. The number of benzene rings is 1. The van der Waals surface area contributed by atoms with Crippen LogP contribution in [0.2, 0.25) is 0 Å². The molecule has 0 aromatic heterocycles. The Bertz CT molecular complexity index is 790. The Morgan fingerprint density at radius 1 is 0.897 bits per heavy atom. The molecule has 29 heavy (non-hydrogen) atoms. The fourth-order valence-electron chi connectivity index (χ4n) is 4.40. The standard InChI is InChI=1S/C21H24F3N3O2/c22-21(23,24)16-5-3-4-15(12-16)13-25-8-10-26(11-9-25)14-27-19(28)17-6-1-2-7-18(17)20(27)29/h1-5,12,17-18H,6-11,13-14H2/t17-,18-/m1/s1. The first-order chi connectivity index (χ1) is 13.8. The van der Waals surface area contributed by atoms with Gasteiger partial charge in [-0.2, -0.15) is 13.2 Å². The van der Waals surface area contributed by atoms with Gasteiger partial charge in [0.15, 0.2) is 0 Å². The summed E-state index contributed by atoms with van der Waals surface area (Å²) in [5.74, 6) is -0.573. The van der Waals surface area contributed by atoms with Crippen LogP contribution in [0.25, 0.3) is 0 Å². The monoisotopic (exact) mass is 407 g/mol. The van der Waals surface area contributed by atoms with E-state index in [0.29, 0.717) is 57.8 Å². The lowest BCUT2D eigenvalue weighted by molar-refractivity contribution is -0.143. The topological polar surface area (TPSA) is 43.9 Å². The molecule has 0 spiro atoms. The van der Waals surface area contributed by atoms with Crippen molar-refractivity contribution in [3.05, 3.63) is 47.5 Å². The van der Waals surface area contributed by atoms with E-state index in [2.05, 4.69) is 9.80 Å². The molecule has 0 unspecified atom stereocenters. The van der Waals surface area contributed by atoms with E-state index in [9.17, 15) is 22.8 Å². The fourth-order valence-corrected chi connectivity index (χ4v) is 4.40. The maximum Gasteiger partial charge on any atom is 0.416 e. The maximum absolute atomic E-state index is 12.9. The van der Waals surface area contributed by atoms with Crippen LogP contribution in [0.1, 0.15) is 24.0 Å². The molecule has 2 fully saturated rings. The van der Waals surface area contributed by atoms with Crippen LogP contribution in [0.3, 0.4) is 0 Å². The molecule has 0 saturated carbocycles. The van der Waals surface area contributed by atoms with Gasteiger partial charge < -0.3 is 0 Å². The third-order valence-electron chi connectivity index (χ3n) is 6.07. The molecular weight excluding hydrogens is 383 g/mol. The summed E-state index contributed by atoms with van der Waals surface area (Å²) in [5, 5.41) is 0. The number of carbonyl (C=O) groups is 2. The summed E-state index contributed by atoms with van der Waals surface area (Å²) >= 11 is 0. The highest BCUT2D eigenvalue weighted by Crippen LogP contribution is 2.35. The minimum atomic E-state index is -4.34. The largest absolute Gasteiger partial charge is 0.416 e. The van der Waals surface area contributed by atoms with Gasteiger partial charge in [-0.1, -0.05) is 30.4 Å². The van der Waals surface area contributed by atoms with Crippen LogP contribution >= 0.6 is 0 Å². The first-order valence-corrected chi connectivity index (χ1v) is 9.94.